The van der Waals surface area contributed by atoms with Gasteiger partial charge in [-0.3, -0.25) is 9.89 Å². The Bertz CT molecular complexity index is 1520. The zero-order valence-electron chi connectivity index (χ0n) is 19.1. The Hall–Kier alpha value is -4.57. The number of ether oxygens (including phenoxy) is 1. The molecular formula is C26H21F2N5O3. The van der Waals surface area contributed by atoms with Crippen molar-refractivity contribution in [1.82, 2.24) is 19.8 Å². The smallest absolute Gasteiger partial charge is 0.194 e. The number of nitrogens with one attached hydrogen (secondary N) is 2. The lowest BCUT2D eigenvalue weighted by Gasteiger charge is -2.21. The average molecular weight is 489 g/mol. The van der Waals surface area contributed by atoms with Crippen LogP contribution in [0.2, 0.25) is 0 Å². The van der Waals surface area contributed by atoms with E-state index in [0.717, 1.165) is 23.7 Å². The minimum atomic E-state index is -0.984. The summed E-state index contributed by atoms with van der Waals surface area (Å²) < 4.78 is 34.8. The normalized spacial score (nSPS) is 12.0. The molecule has 36 heavy (non-hydrogen) atoms. The molecule has 0 saturated carbocycles. The first kappa shape index (κ1) is 23.2. The second-order valence-electron chi connectivity index (χ2n) is 8.09. The van der Waals surface area contributed by atoms with Crippen LogP contribution in [0.3, 0.4) is 0 Å². The molecule has 0 aliphatic carbocycles. The summed E-state index contributed by atoms with van der Waals surface area (Å²) in [5, 5.41) is 24.0. The Morgan fingerprint density at radius 1 is 1.14 bits per heavy atom. The summed E-state index contributed by atoms with van der Waals surface area (Å²) in [5.41, 5.74) is 2.76. The van der Waals surface area contributed by atoms with Crippen LogP contribution in [0.1, 0.15) is 27.7 Å². The van der Waals surface area contributed by atoms with Crippen molar-refractivity contribution in [3.63, 3.8) is 0 Å². The maximum Gasteiger partial charge on any atom is 0.194 e. The van der Waals surface area contributed by atoms with Crippen LogP contribution in [-0.4, -0.2) is 37.8 Å². The van der Waals surface area contributed by atoms with E-state index in [1.807, 2.05) is 6.07 Å². The number of carbonyl (C=O) groups is 1. The Morgan fingerprint density at radius 3 is 2.69 bits per heavy atom. The summed E-state index contributed by atoms with van der Waals surface area (Å²) in [6, 6.07) is 14.3. The highest BCUT2D eigenvalue weighted by Crippen LogP contribution is 2.31. The fourth-order valence-electron chi connectivity index (χ4n) is 4.13. The lowest BCUT2D eigenvalue weighted by Crippen LogP contribution is -2.24. The van der Waals surface area contributed by atoms with E-state index in [0.29, 0.717) is 22.7 Å². The largest absolute Gasteiger partial charge is 0.497 e. The number of anilines is 1. The first-order chi connectivity index (χ1) is 17.5. The van der Waals surface area contributed by atoms with Crippen LogP contribution < -0.4 is 10.1 Å². The maximum absolute atomic E-state index is 14.0. The maximum atomic E-state index is 14.0. The Morgan fingerprint density at radius 2 is 1.94 bits per heavy atom. The van der Waals surface area contributed by atoms with Crippen LogP contribution in [-0.2, 0) is 6.61 Å². The lowest BCUT2D eigenvalue weighted by atomic mass is 9.97. The van der Waals surface area contributed by atoms with Crippen molar-refractivity contribution in [3.05, 3.63) is 102 Å². The molecule has 182 valence electrons. The number of Topliss-reactive ketones (excluding diaryl/α,β-unsaturated/α-hetero) is 1. The molecule has 0 fully saturated rings. The van der Waals surface area contributed by atoms with Gasteiger partial charge in [0.2, 0.25) is 0 Å². The molecule has 3 heterocycles. The van der Waals surface area contributed by atoms with E-state index in [1.54, 1.807) is 47.1 Å². The third-order valence-electron chi connectivity index (χ3n) is 5.75. The quantitative estimate of drug-likeness (QED) is 0.277. The number of aliphatic hydroxyl groups is 1. The number of hydrogen-bond acceptors (Lipinski definition) is 6. The number of H-pyrrole nitrogens is 1. The number of aromatic nitrogens is 4. The summed E-state index contributed by atoms with van der Waals surface area (Å²) in [6.45, 7) is -0.226. The van der Waals surface area contributed by atoms with E-state index in [4.69, 9.17) is 4.74 Å². The number of hydrogen-bond donors (Lipinski definition) is 3. The van der Waals surface area contributed by atoms with Gasteiger partial charge < -0.3 is 15.2 Å². The van der Waals surface area contributed by atoms with Gasteiger partial charge in [0.05, 0.1) is 30.5 Å². The number of carbonyl (C=O) groups excluding carboxylic acids is 1. The molecule has 8 nitrogen and oxygen atoms in total. The zero-order chi connectivity index (χ0) is 25.2. The number of methoxy groups -OCH3 is 1. The van der Waals surface area contributed by atoms with Gasteiger partial charge in [-0.2, -0.15) is 10.2 Å². The highest BCUT2D eigenvalue weighted by atomic mass is 19.1. The molecule has 0 spiro atoms. The van der Waals surface area contributed by atoms with Crippen LogP contribution >= 0.6 is 0 Å². The third kappa shape index (κ3) is 4.41. The molecule has 0 bridgehead atoms. The van der Waals surface area contributed by atoms with Gasteiger partial charge in [0.15, 0.2) is 5.78 Å². The predicted molar refractivity (Wildman–Crippen MR) is 129 cm³/mol. The first-order valence-corrected chi connectivity index (χ1v) is 11.0. The standard InChI is InChI=1S/C26H21F2N5O3/c1-36-21-8-15(14-34)7-19(12-21)31-25(23-4-2-3-20-5-6-30-33(20)23)26(35)22-13-29-32-24(22)16-9-17(27)11-18(28)10-16/h2-13,25,31,34H,14H2,1H3,(H,29,32). The highest BCUT2D eigenvalue weighted by Gasteiger charge is 2.29. The number of pyridine rings is 1. The van der Waals surface area contributed by atoms with E-state index < -0.39 is 23.5 Å². The average Bonchev–Trinajstić information content (AvgIpc) is 3.56. The van der Waals surface area contributed by atoms with Crippen LogP contribution in [0.4, 0.5) is 14.5 Å². The van der Waals surface area contributed by atoms with Crippen molar-refractivity contribution < 1.29 is 23.4 Å². The van der Waals surface area contributed by atoms with Gasteiger partial charge in [-0.1, -0.05) is 6.07 Å². The minimum absolute atomic E-state index is 0.111. The SMILES string of the molecule is COc1cc(CO)cc(NC(C(=O)c2c[nH]nc2-c2cc(F)cc(F)c2)c2cccc3ccnn23)c1. The second-order valence-corrected chi connectivity index (χ2v) is 8.09. The number of rotatable bonds is 8. The molecule has 10 heteroatoms. The van der Waals surface area contributed by atoms with Crippen molar-refractivity contribution in [3.8, 4) is 17.0 Å². The van der Waals surface area contributed by atoms with E-state index >= 15 is 0 Å². The van der Waals surface area contributed by atoms with Crippen molar-refractivity contribution in [1.29, 1.82) is 0 Å². The van der Waals surface area contributed by atoms with Crippen molar-refractivity contribution in [2.24, 2.45) is 0 Å². The molecule has 5 rings (SSSR count). The van der Waals surface area contributed by atoms with E-state index in [1.165, 1.54) is 13.3 Å². The monoisotopic (exact) mass is 489 g/mol. The molecule has 3 aromatic heterocycles. The van der Waals surface area contributed by atoms with Crippen LogP contribution in [0, 0.1) is 11.6 Å². The number of fused-ring (bicyclic) bond motifs is 1. The van der Waals surface area contributed by atoms with Gasteiger partial charge in [0.25, 0.3) is 0 Å². The van der Waals surface area contributed by atoms with Crippen LogP contribution in [0.25, 0.3) is 16.8 Å². The van der Waals surface area contributed by atoms with E-state index in [-0.39, 0.29) is 23.4 Å². The molecule has 3 N–H and O–H groups in total. The second kappa shape index (κ2) is 9.59. The predicted octanol–water partition coefficient (Wildman–Crippen LogP) is 4.54. The van der Waals surface area contributed by atoms with Gasteiger partial charge in [0.1, 0.15) is 29.1 Å². The number of nitrogens with zero attached hydrogens (tertiary/aromatic N) is 3. The Labute approximate surface area is 204 Å². The van der Waals surface area contributed by atoms with Gasteiger partial charge in [-0.05, 0) is 48.0 Å². The first-order valence-electron chi connectivity index (χ1n) is 11.0. The number of aromatic amines is 1. The molecule has 1 atom stereocenters. The molecule has 0 aliphatic heterocycles. The number of aliphatic hydroxyl groups excluding tert-OH is 1. The summed E-state index contributed by atoms with van der Waals surface area (Å²) >= 11 is 0. The van der Waals surface area contributed by atoms with E-state index in [9.17, 15) is 18.7 Å². The topological polar surface area (TPSA) is 105 Å². The molecule has 5 aromatic rings. The van der Waals surface area contributed by atoms with Gasteiger partial charge in [0, 0.05) is 35.8 Å². The Balaban J connectivity index is 1.63. The molecule has 0 saturated heterocycles. The van der Waals surface area contributed by atoms with Gasteiger partial charge >= 0.3 is 0 Å². The number of ketones is 1. The van der Waals surface area contributed by atoms with Crippen molar-refractivity contribution in [2.75, 3.05) is 12.4 Å². The molecule has 1 unspecified atom stereocenters. The van der Waals surface area contributed by atoms with Gasteiger partial charge in [-0.15, -0.1) is 0 Å². The molecule has 0 amide bonds. The number of halogens is 2. The third-order valence-corrected chi connectivity index (χ3v) is 5.75. The fourth-order valence-corrected chi connectivity index (χ4v) is 4.13. The van der Waals surface area contributed by atoms with Gasteiger partial charge in [-0.25, -0.2) is 13.3 Å². The zero-order valence-corrected chi connectivity index (χ0v) is 19.1. The lowest BCUT2D eigenvalue weighted by molar-refractivity contribution is 0.0968. The molecule has 0 radical (unpaired) electrons. The van der Waals surface area contributed by atoms with Crippen LogP contribution in [0.15, 0.2) is 73.1 Å². The van der Waals surface area contributed by atoms with E-state index in [2.05, 4.69) is 20.6 Å². The minimum Gasteiger partial charge on any atom is -0.497 e. The Kier molecular flexibility index (Phi) is 6.17. The van der Waals surface area contributed by atoms with Crippen molar-refractivity contribution >= 4 is 17.0 Å². The summed E-state index contributed by atoms with van der Waals surface area (Å²) in [7, 11) is 1.50. The highest BCUT2D eigenvalue weighted by molar-refractivity contribution is 6.06. The molecule has 0 aliphatic rings. The van der Waals surface area contributed by atoms with Crippen LogP contribution in [0.5, 0.6) is 5.75 Å². The number of benzene rings is 2. The molecular weight excluding hydrogens is 468 g/mol. The summed E-state index contributed by atoms with van der Waals surface area (Å²) in [6.07, 6.45) is 3.01. The van der Waals surface area contributed by atoms with Crippen molar-refractivity contribution in [2.45, 2.75) is 12.6 Å². The summed E-state index contributed by atoms with van der Waals surface area (Å²) in [4.78, 5) is 14.0. The fraction of sp³-hybridized carbons (Fsp3) is 0.115. The summed E-state index contributed by atoms with van der Waals surface area (Å²) in [5.74, 6) is -1.49. The molecule has 2 aromatic carbocycles.